The van der Waals surface area contributed by atoms with E-state index in [0.717, 1.165) is 0 Å². The van der Waals surface area contributed by atoms with Crippen molar-refractivity contribution >= 4 is 5.91 Å². The maximum atomic E-state index is 10.6. The van der Waals surface area contributed by atoms with E-state index < -0.39 is 12.0 Å². The van der Waals surface area contributed by atoms with Crippen molar-refractivity contribution in [3.8, 4) is 0 Å². The summed E-state index contributed by atoms with van der Waals surface area (Å²) in [7, 11) is 0. The molecule has 2 atom stereocenters. The molecule has 0 radical (unpaired) electrons. The van der Waals surface area contributed by atoms with E-state index >= 15 is 0 Å². The average molecular weight is 189 g/mol. The smallest absolute Gasteiger partial charge is 0.246 e. The fourth-order valence-electron chi connectivity index (χ4n) is 0.722. The topological polar surface area (TPSA) is 61.6 Å². The van der Waals surface area contributed by atoms with Gasteiger partial charge in [-0.3, -0.25) is 4.79 Å². The molecular formula is C9H19NO3. The number of rotatable bonds is 6. The number of amides is 1. The van der Waals surface area contributed by atoms with Crippen molar-refractivity contribution < 1.29 is 14.3 Å². The van der Waals surface area contributed by atoms with Gasteiger partial charge in [0, 0.05) is 0 Å². The Balaban J connectivity index is 3.61. The molecule has 0 rings (SSSR count). The zero-order chi connectivity index (χ0) is 10.4. The van der Waals surface area contributed by atoms with E-state index in [-0.39, 0.29) is 6.29 Å². The van der Waals surface area contributed by atoms with E-state index in [1.807, 2.05) is 13.8 Å². The minimum Gasteiger partial charge on any atom is -0.367 e. The van der Waals surface area contributed by atoms with Gasteiger partial charge >= 0.3 is 0 Å². The number of carbonyl (C=O) groups excluding carboxylic acids is 1. The Labute approximate surface area is 79.4 Å². The van der Waals surface area contributed by atoms with Gasteiger partial charge in [-0.1, -0.05) is 13.8 Å². The Morgan fingerprint density at radius 1 is 1.31 bits per heavy atom. The second-order valence-electron chi connectivity index (χ2n) is 3.48. The summed E-state index contributed by atoms with van der Waals surface area (Å²) < 4.78 is 10.5. The highest BCUT2D eigenvalue weighted by Gasteiger charge is 2.13. The van der Waals surface area contributed by atoms with Gasteiger partial charge in [-0.2, -0.15) is 0 Å². The van der Waals surface area contributed by atoms with Crippen LogP contribution < -0.4 is 5.73 Å². The number of primary amides is 1. The molecular weight excluding hydrogens is 170 g/mol. The van der Waals surface area contributed by atoms with Crippen LogP contribution in [-0.4, -0.2) is 24.9 Å². The summed E-state index contributed by atoms with van der Waals surface area (Å²) >= 11 is 0. The maximum absolute atomic E-state index is 10.6. The molecule has 0 aromatic heterocycles. The molecule has 0 aromatic carbocycles. The summed E-state index contributed by atoms with van der Waals surface area (Å²) in [6.07, 6.45) is -0.980. The lowest BCUT2D eigenvalue weighted by molar-refractivity contribution is -0.170. The first-order valence-corrected chi connectivity index (χ1v) is 4.49. The summed E-state index contributed by atoms with van der Waals surface area (Å²) in [5.74, 6) is -0.0186. The number of carbonyl (C=O) groups is 1. The first-order chi connectivity index (χ1) is 5.93. The van der Waals surface area contributed by atoms with E-state index in [1.54, 1.807) is 13.8 Å². The van der Waals surface area contributed by atoms with Gasteiger partial charge in [-0.15, -0.1) is 0 Å². The standard InChI is InChI=1S/C9H19NO3/c1-6(2)5-12-8(4)13-7(3)9(10)11/h6-8H,5H2,1-4H3,(H2,10,11). The van der Waals surface area contributed by atoms with Crippen molar-refractivity contribution in [2.24, 2.45) is 11.7 Å². The summed E-state index contributed by atoms with van der Waals surface area (Å²) in [6, 6.07) is 0. The summed E-state index contributed by atoms with van der Waals surface area (Å²) in [4.78, 5) is 10.6. The van der Waals surface area contributed by atoms with Crippen LogP contribution in [0.5, 0.6) is 0 Å². The van der Waals surface area contributed by atoms with Gasteiger partial charge in [-0.25, -0.2) is 0 Å². The molecule has 0 spiro atoms. The van der Waals surface area contributed by atoms with Crippen LogP contribution in [0.2, 0.25) is 0 Å². The highest BCUT2D eigenvalue weighted by atomic mass is 16.7. The Bertz CT molecular complexity index is 159. The third-order valence-electron chi connectivity index (χ3n) is 1.46. The third-order valence-corrected chi connectivity index (χ3v) is 1.46. The Hall–Kier alpha value is -0.610. The molecule has 2 unspecified atom stereocenters. The Kier molecular flexibility index (Phi) is 5.66. The molecule has 0 bridgehead atoms. The summed E-state index contributed by atoms with van der Waals surface area (Å²) in [5, 5.41) is 0. The van der Waals surface area contributed by atoms with Crippen LogP contribution in [0.15, 0.2) is 0 Å². The predicted molar refractivity (Wildman–Crippen MR) is 50.0 cm³/mol. The van der Waals surface area contributed by atoms with Gasteiger partial charge in [-0.05, 0) is 19.8 Å². The Morgan fingerprint density at radius 2 is 1.85 bits per heavy atom. The van der Waals surface area contributed by atoms with E-state index in [0.29, 0.717) is 12.5 Å². The zero-order valence-electron chi connectivity index (χ0n) is 8.74. The van der Waals surface area contributed by atoms with Crippen LogP contribution in [0.4, 0.5) is 0 Å². The molecule has 0 aliphatic heterocycles. The van der Waals surface area contributed by atoms with Crippen molar-refractivity contribution in [1.29, 1.82) is 0 Å². The van der Waals surface area contributed by atoms with Gasteiger partial charge in [0.15, 0.2) is 6.29 Å². The molecule has 0 saturated heterocycles. The van der Waals surface area contributed by atoms with Crippen LogP contribution in [0.25, 0.3) is 0 Å². The van der Waals surface area contributed by atoms with Crippen LogP contribution in [0.1, 0.15) is 27.7 Å². The fraction of sp³-hybridized carbons (Fsp3) is 0.889. The average Bonchev–Trinajstić information content (AvgIpc) is 2.00. The third kappa shape index (κ3) is 6.54. The van der Waals surface area contributed by atoms with Crippen molar-refractivity contribution in [3.05, 3.63) is 0 Å². The number of ether oxygens (including phenoxy) is 2. The molecule has 78 valence electrons. The van der Waals surface area contributed by atoms with Crippen molar-refractivity contribution in [1.82, 2.24) is 0 Å². The quantitative estimate of drug-likeness (QED) is 0.631. The normalized spacial score (nSPS) is 15.8. The molecule has 1 amide bonds. The lowest BCUT2D eigenvalue weighted by atomic mass is 10.2. The summed E-state index contributed by atoms with van der Waals surface area (Å²) in [6.45, 7) is 8.07. The highest BCUT2D eigenvalue weighted by Crippen LogP contribution is 2.02. The number of hydrogen-bond acceptors (Lipinski definition) is 3. The molecule has 0 fully saturated rings. The van der Waals surface area contributed by atoms with Gasteiger partial charge in [0.2, 0.25) is 5.91 Å². The van der Waals surface area contributed by atoms with Crippen molar-refractivity contribution in [2.75, 3.05) is 6.61 Å². The largest absolute Gasteiger partial charge is 0.367 e. The van der Waals surface area contributed by atoms with Crippen LogP contribution in [0.3, 0.4) is 0 Å². The first kappa shape index (κ1) is 12.4. The molecule has 0 aliphatic carbocycles. The van der Waals surface area contributed by atoms with Gasteiger partial charge in [0.1, 0.15) is 6.10 Å². The molecule has 0 aliphatic rings. The van der Waals surface area contributed by atoms with Crippen LogP contribution in [-0.2, 0) is 14.3 Å². The lowest BCUT2D eigenvalue weighted by Crippen LogP contribution is -2.32. The van der Waals surface area contributed by atoms with E-state index in [2.05, 4.69) is 0 Å². The minimum atomic E-state index is -0.595. The molecule has 0 saturated carbocycles. The second-order valence-corrected chi connectivity index (χ2v) is 3.48. The highest BCUT2D eigenvalue weighted by molar-refractivity contribution is 5.78. The number of hydrogen-bond donors (Lipinski definition) is 1. The Morgan fingerprint density at radius 3 is 2.23 bits per heavy atom. The second kappa shape index (κ2) is 5.94. The lowest BCUT2D eigenvalue weighted by Gasteiger charge is -2.18. The minimum absolute atomic E-state index is 0.384. The molecule has 0 heterocycles. The SMILES string of the molecule is CC(C)COC(C)OC(C)C(N)=O. The van der Waals surface area contributed by atoms with Gasteiger partial charge in [0.05, 0.1) is 6.61 Å². The fourth-order valence-corrected chi connectivity index (χ4v) is 0.722. The van der Waals surface area contributed by atoms with Gasteiger partial charge < -0.3 is 15.2 Å². The van der Waals surface area contributed by atoms with E-state index in [4.69, 9.17) is 15.2 Å². The molecule has 0 aromatic rings. The number of nitrogens with two attached hydrogens (primary N) is 1. The van der Waals surface area contributed by atoms with Gasteiger partial charge in [0.25, 0.3) is 0 Å². The van der Waals surface area contributed by atoms with Crippen LogP contribution >= 0.6 is 0 Å². The molecule has 13 heavy (non-hydrogen) atoms. The molecule has 4 heteroatoms. The van der Waals surface area contributed by atoms with E-state index in [9.17, 15) is 4.79 Å². The molecule has 4 nitrogen and oxygen atoms in total. The van der Waals surface area contributed by atoms with Crippen molar-refractivity contribution in [2.45, 2.75) is 40.1 Å². The summed E-state index contributed by atoms with van der Waals surface area (Å²) in [5.41, 5.74) is 5.02. The van der Waals surface area contributed by atoms with E-state index in [1.165, 1.54) is 0 Å². The first-order valence-electron chi connectivity index (χ1n) is 4.49. The maximum Gasteiger partial charge on any atom is 0.246 e. The van der Waals surface area contributed by atoms with Crippen LogP contribution in [0, 0.1) is 5.92 Å². The van der Waals surface area contributed by atoms with Crippen molar-refractivity contribution in [3.63, 3.8) is 0 Å². The zero-order valence-corrected chi connectivity index (χ0v) is 8.74. The molecule has 2 N–H and O–H groups in total. The monoisotopic (exact) mass is 189 g/mol. The predicted octanol–water partition coefficient (Wildman–Crippen LogP) is 0.895.